The SMILES string of the molecule is CCOC(=O)c1c(NC(=O)C(C)OC(=O)CNC(=O)Cc2ccccc2)sc2c1CCCC2. The van der Waals surface area contributed by atoms with E-state index in [1.165, 1.54) is 18.3 Å². The Hall–Kier alpha value is -3.20. The minimum Gasteiger partial charge on any atom is -0.462 e. The van der Waals surface area contributed by atoms with Crippen LogP contribution < -0.4 is 10.6 Å². The summed E-state index contributed by atoms with van der Waals surface area (Å²) >= 11 is 1.37. The Balaban J connectivity index is 1.55. The number of benzene rings is 1. The molecule has 0 aliphatic heterocycles. The fourth-order valence-corrected chi connectivity index (χ4v) is 4.87. The van der Waals surface area contributed by atoms with Gasteiger partial charge in [-0.3, -0.25) is 14.4 Å². The highest BCUT2D eigenvalue weighted by atomic mass is 32.1. The van der Waals surface area contributed by atoms with E-state index in [-0.39, 0.29) is 25.5 Å². The van der Waals surface area contributed by atoms with Crippen LogP contribution in [0.4, 0.5) is 5.00 Å². The molecule has 9 heteroatoms. The summed E-state index contributed by atoms with van der Waals surface area (Å²) < 4.78 is 10.3. The Kier molecular flexibility index (Phi) is 8.59. The highest BCUT2D eigenvalue weighted by Gasteiger charge is 2.28. The van der Waals surface area contributed by atoms with Gasteiger partial charge in [-0.15, -0.1) is 11.3 Å². The molecule has 2 amide bonds. The number of carbonyl (C=O) groups excluding carboxylic acids is 4. The summed E-state index contributed by atoms with van der Waals surface area (Å²) in [6.45, 7) is 3.07. The van der Waals surface area contributed by atoms with Gasteiger partial charge in [0.15, 0.2) is 6.10 Å². The van der Waals surface area contributed by atoms with Crippen LogP contribution in [-0.4, -0.2) is 43.0 Å². The molecule has 0 bridgehead atoms. The first-order valence-corrected chi connectivity index (χ1v) is 11.8. The molecule has 1 aliphatic rings. The van der Waals surface area contributed by atoms with Gasteiger partial charge in [0.1, 0.15) is 11.5 Å². The number of carbonyl (C=O) groups is 4. The number of amides is 2. The van der Waals surface area contributed by atoms with Crippen molar-refractivity contribution in [3.05, 3.63) is 51.9 Å². The number of hydrogen-bond donors (Lipinski definition) is 2. The Morgan fingerprint density at radius 2 is 1.82 bits per heavy atom. The lowest BCUT2D eigenvalue weighted by molar-refractivity contribution is -0.152. The van der Waals surface area contributed by atoms with Gasteiger partial charge in [0.25, 0.3) is 5.91 Å². The minimum absolute atomic E-state index is 0.143. The normalized spacial score (nSPS) is 13.4. The lowest BCUT2D eigenvalue weighted by Crippen LogP contribution is -2.36. The Labute approximate surface area is 196 Å². The number of aryl methyl sites for hydroxylation is 1. The average Bonchev–Trinajstić information content (AvgIpc) is 3.16. The number of anilines is 1. The third-order valence-corrected chi connectivity index (χ3v) is 6.41. The van der Waals surface area contributed by atoms with E-state index in [1.54, 1.807) is 6.92 Å². The van der Waals surface area contributed by atoms with Crippen LogP contribution in [0.3, 0.4) is 0 Å². The molecule has 0 saturated heterocycles. The molecule has 33 heavy (non-hydrogen) atoms. The number of esters is 2. The summed E-state index contributed by atoms with van der Waals surface area (Å²) in [4.78, 5) is 50.3. The maximum absolute atomic E-state index is 12.7. The first-order valence-electron chi connectivity index (χ1n) is 11.0. The molecule has 1 unspecified atom stereocenters. The fraction of sp³-hybridized carbons (Fsp3) is 0.417. The van der Waals surface area contributed by atoms with Crippen LogP contribution in [0.5, 0.6) is 0 Å². The molecular formula is C24H28N2O6S. The van der Waals surface area contributed by atoms with E-state index in [9.17, 15) is 19.2 Å². The highest BCUT2D eigenvalue weighted by Crippen LogP contribution is 2.38. The minimum atomic E-state index is -1.10. The van der Waals surface area contributed by atoms with Gasteiger partial charge in [0.05, 0.1) is 18.6 Å². The second kappa shape index (κ2) is 11.6. The number of thiophene rings is 1. The van der Waals surface area contributed by atoms with Gasteiger partial charge >= 0.3 is 11.9 Å². The van der Waals surface area contributed by atoms with Gasteiger partial charge in [-0.2, -0.15) is 0 Å². The molecule has 2 N–H and O–H groups in total. The van der Waals surface area contributed by atoms with E-state index >= 15 is 0 Å². The zero-order chi connectivity index (χ0) is 23.8. The van der Waals surface area contributed by atoms with Crippen molar-refractivity contribution in [3.8, 4) is 0 Å². The number of rotatable bonds is 9. The number of fused-ring (bicyclic) bond motifs is 1. The number of hydrogen-bond acceptors (Lipinski definition) is 7. The predicted octanol–water partition coefficient (Wildman–Crippen LogP) is 3.03. The van der Waals surface area contributed by atoms with Crippen molar-refractivity contribution < 1.29 is 28.7 Å². The van der Waals surface area contributed by atoms with E-state index in [1.807, 2.05) is 30.3 Å². The van der Waals surface area contributed by atoms with Gasteiger partial charge < -0.3 is 20.1 Å². The average molecular weight is 473 g/mol. The molecule has 3 rings (SSSR count). The first kappa shape index (κ1) is 24.4. The Bertz CT molecular complexity index is 1020. The largest absolute Gasteiger partial charge is 0.462 e. The van der Waals surface area contributed by atoms with Crippen LogP contribution in [-0.2, 0) is 43.1 Å². The topological polar surface area (TPSA) is 111 Å². The standard InChI is InChI=1S/C24H28N2O6S/c1-3-31-24(30)21-17-11-7-8-12-18(17)33-23(21)26-22(29)15(2)32-20(28)14-25-19(27)13-16-9-5-4-6-10-16/h4-6,9-10,15H,3,7-8,11-14H2,1-2H3,(H,25,27)(H,26,29). The van der Waals surface area contributed by atoms with E-state index in [4.69, 9.17) is 9.47 Å². The van der Waals surface area contributed by atoms with E-state index in [0.29, 0.717) is 10.6 Å². The molecule has 0 radical (unpaired) electrons. The van der Waals surface area contributed by atoms with Crippen molar-refractivity contribution in [2.24, 2.45) is 0 Å². The monoisotopic (exact) mass is 472 g/mol. The van der Waals surface area contributed by atoms with Crippen molar-refractivity contribution in [3.63, 3.8) is 0 Å². The summed E-state index contributed by atoms with van der Waals surface area (Å²) in [6, 6.07) is 9.14. The Morgan fingerprint density at radius 3 is 2.55 bits per heavy atom. The Morgan fingerprint density at radius 1 is 1.09 bits per heavy atom. The maximum atomic E-state index is 12.7. The quantitative estimate of drug-likeness (QED) is 0.543. The van der Waals surface area contributed by atoms with Crippen molar-refractivity contribution >= 4 is 40.1 Å². The molecule has 1 atom stereocenters. The molecule has 0 fully saturated rings. The maximum Gasteiger partial charge on any atom is 0.341 e. The molecule has 1 aromatic heterocycles. The third kappa shape index (κ3) is 6.64. The third-order valence-electron chi connectivity index (χ3n) is 5.20. The van der Waals surface area contributed by atoms with Crippen LogP contribution in [0.2, 0.25) is 0 Å². The van der Waals surface area contributed by atoms with Crippen LogP contribution in [0.1, 0.15) is 53.1 Å². The summed E-state index contributed by atoms with van der Waals surface area (Å²) in [7, 11) is 0. The highest BCUT2D eigenvalue weighted by molar-refractivity contribution is 7.17. The molecular weight excluding hydrogens is 444 g/mol. The summed E-state index contributed by atoms with van der Waals surface area (Å²) in [5, 5.41) is 5.64. The second-order valence-corrected chi connectivity index (χ2v) is 8.80. The zero-order valence-electron chi connectivity index (χ0n) is 18.8. The fourth-order valence-electron chi connectivity index (χ4n) is 3.59. The van der Waals surface area contributed by atoms with E-state index < -0.39 is 23.9 Å². The van der Waals surface area contributed by atoms with Gasteiger partial charge in [0.2, 0.25) is 5.91 Å². The van der Waals surface area contributed by atoms with Crippen LogP contribution in [0.25, 0.3) is 0 Å². The number of ether oxygens (including phenoxy) is 2. The molecule has 1 heterocycles. The first-order chi connectivity index (χ1) is 15.9. The van der Waals surface area contributed by atoms with Crippen molar-refractivity contribution in [2.45, 2.75) is 52.1 Å². The molecule has 8 nitrogen and oxygen atoms in total. The summed E-state index contributed by atoms with van der Waals surface area (Å²) in [5.41, 5.74) is 2.16. The van der Waals surface area contributed by atoms with Crippen molar-refractivity contribution in [2.75, 3.05) is 18.5 Å². The second-order valence-electron chi connectivity index (χ2n) is 7.70. The van der Waals surface area contributed by atoms with Crippen LogP contribution in [0, 0.1) is 0 Å². The van der Waals surface area contributed by atoms with Crippen molar-refractivity contribution in [1.29, 1.82) is 0 Å². The predicted molar refractivity (Wildman–Crippen MR) is 124 cm³/mol. The molecule has 2 aromatic rings. The van der Waals surface area contributed by atoms with Gasteiger partial charge in [-0.1, -0.05) is 30.3 Å². The molecule has 1 aliphatic carbocycles. The molecule has 1 aromatic carbocycles. The lowest BCUT2D eigenvalue weighted by Gasteiger charge is -2.14. The van der Waals surface area contributed by atoms with Crippen molar-refractivity contribution in [1.82, 2.24) is 5.32 Å². The zero-order valence-corrected chi connectivity index (χ0v) is 19.6. The molecule has 176 valence electrons. The molecule has 0 saturated carbocycles. The van der Waals surface area contributed by atoms with Crippen LogP contribution >= 0.6 is 11.3 Å². The molecule has 0 spiro atoms. The van der Waals surface area contributed by atoms with Crippen LogP contribution in [0.15, 0.2) is 30.3 Å². The smallest absolute Gasteiger partial charge is 0.341 e. The van der Waals surface area contributed by atoms with E-state index in [0.717, 1.165) is 41.7 Å². The van der Waals surface area contributed by atoms with Gasteiger partial charge in [-0.25, -0.2) is 4.79 Å². The number of nitrogens with one attached hydrogen (secondary N) is 2. The van der Waals surface area contributed by atoms with E-state index in [2.05, 4.69) is 10.6 Å². The lowest BCUT2D eigenvalue weighted by atomic mass is 9.95. The van der Waals surface area contributed by atoms with Gasteiger partial charge in [0, 0.05) is 4.88 Å². The summed E-state index contributed by atoms with van der Waals surface area (Å²) in [6.07, 6.45) is 2.68. The summed E-state index contributed by atoms with van der Waals surface area (Å²) in [5.74, 6) is -2.06. The van der Waals surface area contributed by atoms with Gasteiger partial charge in [-0.05, 0) is 50.7 Å².